The van der Waals surface area contributed by atoms with Gasteiger partial charge in [-0.15, -0.1) is 0 Å². The van der Waals surface area contributed by atoms with E-state index in [2.05, 4.69) is 20.5 Å². The zero-order chi connectivity index (χ0) is 27.7. The average molecular weight is 542 g/mol. The minimum Gasteiger partial charge on any atom is -0.481 e. The molecule has 9 nitrogen and oxygen atoms in total. The quantitative estimate of drug-likeness (QED) is 0.481. The van der Waals surface area contributed by atoms with Gasteiger partial charge in [-0.3, -0.25) is 14.7 Å². The Morgan fingerprint density at radius 2 is 1.97 bits per heavy atom. The van der Waals surface area contributed by atoms with E-state index < -0.39 is 36.5 Å². The van der Waals surface area contributed by atoms with Crippen LogP contribution in [-0.4, -0.2) is 74.5 Å². The second-order valence-corrected chi connectivity index (χ2v) is 9.97. The molecule has 0 aromatic carbocycles. The number of H-pyrrole nitrogens is 1. The number of aliphatic hydroxyl groups is 1. The highest BCUT2D eigenvalue weighted by Gasteiger charge is 2.54. The zero-order valence-electron chi connectivity index (χ0n) is 21.1. The summed E-state index contributed by atoms with van der Waals surface area (Å²) in [6.45, 7) is 2.21. The highest BCUT2D eigenvalue weighted by atomic mass is 19.4. The van der Waals surface area contributed by atoms with Crippen molar-refractivity contribution in [1.82, 2.24) is 25.4 Å². The van der Waals surface area contributed by atoms with Gasteiger partial charge in [0.2, 0.25) is 11.8 Å². The summed E-state index contributed by atoms with van der Waals surface area (Å²) in [5, 5.41) is 19.4. The lowest BCUT2D eigenvalue weighted by Gasteiger charge is -2.40. The number of hydrogen-bond acceptors (Lipinski definition) is 6. The van der Waals surface area contributed by atoms with Gasteiger partial charge in [0.25, 0.3) is 5.91 Å². The minimum atomic E-state index is -4.69. The largest absolute Gasteiger partial charge is 0.481 e. The molecular weight excluding hydrogens is 510 g/mol. The van der Waals surface area contributed by atoms with Crippen molar-refractivity contribution in [2.24, 2.45) is 5.92 Å². The van der Waals surface area contributed by atoms with Crippen LogP contribution in [0.1, 0.15) is 62.4 Å². The summed E-state index contributed by atoms with van der Waals surface area (Å²) >= 11 is 0. The van der Waals surface area contributed by atoms with Gasteiger partial charge in [-0.2, -0.15) is 18.3 Å². The van der Waals surface area contributed by atoms with Crippen molar-refractivity contribution in [2.45, 2.75) is 75.7 Å². The van der Waals surface area contributed by atoms with Gasteiger partial charge in [-0.05, 0) is 51.0 Å². The molecule has 2 fully saturated rings. The molecule has 0 bridgehead atoms. The molecule has 1 saturated heterocycles. The molecule has 2 aromatic heterocycles. The number of nitrogens with one attached hydrogen (secondary N) is 2. The summed E-state index contributed by atoms with van der Waals surface area (Å²) in [4.78, 5) is 31.6. The molecule has 1 aliphatic heterocycles. The van der Waals surface area contributed by atoms with E-state index in [-0.39, 0.29) is 59.4 Å². The molecule has 208 valence electrons. The number of methoxy groups -OCH3 is 1. The first-order chi connectivity index (χ1) is 18.0. The van der Waals surface area contributed by atoms with Crippen molar-refractivity contribution in [1.29, 1.82) is 0 Å². The molecular formula is C25H31F4N5O4. The number of nitrogens with zero attached hydrogens (tertiary/aromatic N) is 3. The van der Waals surface area contributed by atoms with Crippen LogP contribution in [-0.2, 0) is 4.79 Å². The molecule has 0 radical (unpaired) electrons. The van der Waals surface area contributed by atoms with E-state index in [1.54, 1.807) is 4.90 Å². The number of aromatic amines is 1. The number of carbonyl (C=O) groups excluding carboxylic acids is 2. The molecule has 1 saturated carbocycles. The van der Waals surface area contributed by atoms with Crippen LogP contribution in [0.25, 0.3) is 11.3 Å². The number of piperidine rings is 1. The number of amides is 2. The highest BCUT2D eigenvalue weighted by Crippen LogP contribution is 2.41. The molecule has 0 spiro atoms. The van der Waals surface area contributed by atoms with Gasteiger partial charge in [-0.25, -0.2) is 9.37 Å². The fraction of sp³-hybridized carbons (Fsp3) is 0.600. The Morgan fingerprint density at radius 3 is 2.61 bits per heavy atom. The number of pyridine rings is 1. The summed E-state index contributed by atoms with van der Waals surface area (Å²) in [6.07, 6.45) is -3.10. The second-order valence-electron chi connectivity index (χ2n) is 9.97. The molecule has 2 atom stereocenters. The SMILES string of the molecule is CC[C@H]1C[C@H](C(=O)NC2CCC(O)(C(F)(F)F)CC2)CCN1C(=O)c1cc(-c2cc(OC)ncc2F)n[nH]1. The first-order valence-corrected chi connectivity index (χ1v) is 12.6. The van der Waals surface area contributed by atoms with E-state index in [9.17, 15) is 32.3 Å². The van der Waals surface area contributed by atoms with Gasteiger partial charge >= 0.3 is 6.18 Å². The summed E-state index contributed by atoms with van der Waals surface area (Å²) < 4.78 is 58.5. The maximum atomic E-state index is 14.3. The topological polar surface area (TPSA) is 120 Å². The fourth-order valence-corrected chi connectivity index (χ4v) is 5.24. The number of rotatable bonds is 6. The van der Waals surface area contributed by atoms with Crippen molar-refractivity contribution in [3.05, 3.63) is 29.8 Å². The van der Waals surface area contributed by atoms with E-state index in [4.69, 9.17) is 4.74 Å². The van der Waals surface area contributed by atoms with Crippen molar-refractivity contribution in [2.75, 3.05) is 13.7 Å². The number of alkyl halides is 3. The van der Waals surface area contributed by atoms with Gasteiger partial charge in [0.15, 0.2) is 11.4 Å². The monoisotopic (exact) mass is 541 g/mol. The summed E-state index contributed by atoms with van der Waals surface area (Å²) in [6, 6.07) is 2.17. The van der Waals surface area contributed by atoms with E-state index in [1.165, 1.54) is 19.2 Å². The zero-order valence-corrected chi connectivity index (χ0v) is 21.1. The molecule has 2 amide bonds. The smallest absolute Gasteiger partial charge is 0.417 e. The van der Waals surface area contributed by atoms with Crippen LogP contribution in [0.5, 0.6) is 5.88 Å². The van der Waals surface area contributed by atoms with Crippen LogP contribution in [0.4, 0.5) is 17.6 Å². The van der Waals surface area contributed by atoms with Crippen LogP contribution < -0.4 is 10.1 Å². The Hall–Kier alpha value is -3.22. The highest BCUT2D eigenvalue weighted by molar-refractivity contribution is 5.94. The third kappa shape index (κ3) is 5.62. The summed E-state index contributed by atoms with van der Waals surface area (Å²) in [7, 11) is 1.40. The van der Waals surface area contributed by atoms with Gasteiger partial charge in [0.05, 0.1) is 19.0 Å². The maximum absolute atomic E-state index is 14.3. The molecule has 2 aromatic rings. The van der Waals surface area contributed by atoms with Crippen molar-refractivity contribution >= 4 is 11.8 Å². The Bertz CT molecular complexity index is 1160. The molecule has 1 aliphatic carbocycles. The van der Waals surface area contributed by atoms with E-state index in [0.29, 0.717) is 25.8 Å². The maximum Gasteiger partial charge on any atom is 0.417 e. The summed E-state index contributed by atoms with van der Waals surface area (Å²) in [5.74, 6) is -1.37. The second kappa shape index (κ2) is 10.9. The van der Waals surface area contributed by atoms with Gasteiger partial charge < -0.3 is 20.1 Å². The molecule has 2 aliphatic rings. The van der Waals surface area contributed by atoms with Gasteiger partial charge in [-0.1, -0.05) is 6.92 Å². The molecule has 13 heteroatoms. The van der Waals surface area contributed by atoms with E-state index in [1.807, 2.05) is 6.92 Å². The third-order valence-corrected chi connectivity index (χ3v) is 7.63. The first-order valence-electron chi connectivity index (χ1n) is 12.6. The lowest BCUT2D eigenvalue weighted by Crippen LogP contribution is -2.53. The van der Waals surface area contributed by atoms with E-state index in [0.717, 1.165) is 6.20 Å². The summed E-state index contributed by atoms with van der Waals surface area (Å²) in [5.41, 5.74) is -2.17. The van der Waals surface area contributed by atoms with Crippen LogP contribution in [0.2, 0.25) is 0 Å². The van der Waals surface area contributed by atoms with Crippen molar-refractivity contribution in [3.8, 4) is 17.1 Å². The molecule has 4 rings (SSSR count). The molecule has 3 N–H and O–H groups in total. The predicted molar refractivity (Wildman–Crippen MR) is 128 cm³/mol. The van der Waals surface area contributed by atoms with Crippen LogP contribution in [0.15, 0.2) is 18.3 Å². The first kappa shape index (κ1) is 27.8. The lowest BCUT2D eigenvalue weighted by atomic mass is 9.81. The lowest BCUT2D eigenvalue weighted by molar-refractivity contribution is -0.270. The Balaban J connectivity index is 1.36. The molecule has 0 unspecified atom stereocenters. The number of aromatic nitrogens is 3. The van der Waals surface area contributed by atoms with Gasteiger partial charge in [0, 0.05) is 36.2 Å². The number of ether oxygens (including phenoxy) is 1. The average Bonchev–Trinajstić information content (AvgIpc) is 3.39. The van der Waals surface area contributed by atoms with Crippen LogP contribution in [0, 0.1) is 11.7 Å². The number of hydrogen-bond donors (Lipinski definition) is 3. The van der Waals surface area contributed by atoms with Gasteiger partial charge in [0.1, 0.15) is 5.69 Å². The Labute approximate surface area is 217 Å². The third-order valence-electron chi connectivity index (χ3n) is 7.63. The van der Waals surface area contributed by atoms with Crippen molar-refractivity contribution < 1.29 is 37.0 Å². The molecule has 3 heterocycles. The molecule has 38 heavy (non-hydrogen) atoms. The standard InChI is InChI=1S/C25H31F4N5O4/c1-3-16-10-14(22(35)31-15-4-7-24(37,8-5-15)25(27,28)29)6-9-34(16)23(36)20-12-19(32-33-20)17-11-21(38-2)30-13-18(17)26/h11-16,37H,3-10H2,1-2H3,(H,31,35)(H,32,33)/t14-,15?,16+,24?/m1/s1. The van der Waals surface area contributed by atoms with E-state index >= 15 is 0 Å². The Kier molecular flexibility index (Phi) is 7.96. The Morgan fingerprint density at radius 1 is 1.26 bits per heavy atom. The normalized spacial score (nSPS) is 26.2. The number of halogens is 4. The predicted octanol–water partition coefficient (Wildman–Crippen LogP) is 3.60. The van der Waals surface area contributed by atoms with Crippen molar-refractivity contribution in [3.63, 3.8) is 0 Å². The van der Waals surface area contributed by atoms with Crippen LogP contribution >= 0.6 is 0 Å². The minimum absolute atomic E-state index is 0.0440. The number of likely N-dealkylation sites (tertiary alicyclic amines) is 1. The number of carbonyl (C=O) groups is 2. The van der Waals surface area contributed by atoms with Crippen LogP contribution in [0.3, 0.4) is 0 Å². The fourth-order valence-electron chi connectivity index (χ4n) is 5.24.